The molecular formula is C20H16Cl2N4O2. The number of hydrogen-bond acceptors (Lipinski definition) is 6. The van der Waals surface area contributed by atoms with Crippen molar-refractivity contribution >= 4 is 46.9 Å². The maximum atomic E-state index is 10.9. The van der Waals surface area contributed by atoms with Crippen LogP contribution in [0.15, 0.2) is 54.7 Å². The van der Waals surface area contributed by atoms with Crippen LogP contribution in [0.4, 0.5) is 17.5 Å². The lowest BCUT2D eigenvalue weighted by Crippen LogP contribution is -2.54. The lowest BCUT2D eigenvalue weighted by molar-refractivity contribution is 0.112. The van der Waals surface area contributed by atoms with E-state index in [0.29, 0.717) is 40.4 Å². The van der Waals surface area contributed by atoms with Crippen molar-refractivity contribution in [3.8, 4) is 5.75 Å². The molecule has 6 nitrogen and oxygen atoms in total. The Morgan fingerprint density at radius 3 is 2.79 bits per heavy atom. The molecule has 0 atom stereocenters. The van der Waals surface area contributed by atoms with E-state index < -0.39 is 0 Å². The summed E-state index contributed by atoms with van der Waals surface area (Å²) in [6.07, 6.45) is 2.52. The maximum Gasteiger partial charge on any atom is 0.229 e. The first-order valence-corrected chi connectivity index (χ1v) is 9.38. The van der Waals surface area contributed by atoms with Gasteiger partial charge >= 0.3 is 0 Å². The van der Waals surface area contributed by atoms with Crippen molar-refractivity contribution in [1.82, 2.24) is 9.97 Å². The Bertz CT molecular complexity index is 1010. The minimum atomic E-state index is 0.0225. The number of ether oxygens (including phenoxy) is 1. The van der Waals surface area contributed by atoms with Crippen molar-refractivity contribution in [2.24, 2.45) is 0 Å². The van der Waals surface area contributed by atoms with Crippen molar-refractivity contribution < 1.29 is 9.53 Å². The third-order valence-corrected chi connectivity index (χ3v) is 4.81. The van der Waals surface area contributed by atoms with Crippen molar-refractivity contribution in [3.05, 3.63) is 70.3 Å². The van der Waals surface area contributed by atoms with Gasteiger partial charge in [0.25, 0.3) is 0 Å². The molecule has 0 spiro atoms. The fraction of sp³-hybridized carbons (Fsp3) is 0.150. The molecule has 0 radical (unpaired) electrons. The summed E-state index contributed by atoms with van der Waals surface area (Å²) >= 11 is 12.1. The number of rotatable bonds is 6. The Morgan fingerprint density at radius 1 is 1.14 bits per heavy atom. The van der Waals surface area contributed by atoms with E-state index in [4.69, 9.17) is 27.9 Å². The highest BCUT2D eigenvalue weighted by atomic mass is 35.5. The van der Waals surface area contributed by atoms with Gasteiger partial charge in [0.15, 0.2) is 0 Å². The van der Waals surface area contributed by atoms with E-state index in [1.54, 1.807) is 42.6 Å². The van der Waals surface area contributed by atoms with Crippen LogP contribution in [-0.4, -0.2) is 35.4 Å². The van der Waals surface area contributed by atoms with E-state index in [0.717, 1.165) is 17.8 Å². The van der Waals surface area contributed by atoms with E-state index in [1.165, 1.54) is 0 Å². The molecular weight excluding hydrogens is 399 g/mol. The highest BCUT2D eigenvalue weighted by molar-refractivity contribution is 6.35. The van der Waals surface area contributed by atoms with E-state index >= 15 is 0 Å². The van der Waals surface area contributed by atoms with Gasteiger partial charge in [-0.2, -0.15) is 4.98 Å². The second-order valence-electron chi connectivity index (χ2n) is 6.33. The van der Waals surface area contributed by atoms with Gasteiger partial charge in [0, 0.05) is 22.5 Å². The van der Waals surface area contributed by atoms with Crippen LogP contribution in [0, 0.1) is 0 Å². The van der Waals surface area contributed by atoms with E-state index in [1.807, 2.05) is 12.1 Å². The van der Waals surface area contributed by atoms with Crippen LogP contribution in [0.2, 0.25) is 10.0 Å². The third-order valence-electron chi connectivity index (χ3n) is 4.28. The number of nitrogens with zero attached hydrogens (tertiary/aromatic N) is 3. The summed E-state index contributed by atoms with van der Waals surface area (Å²) in [7, 11) is 0. The number of aldehydes is 1. The van der Waals surface area contributed by atoms with Crippen LogP contribution >= 0.6 is 23.2 Å². The Balaban J connectivity index is 1.38. The van der Waals surface area contributed by atoms with Crippen LogP contribution in [-0.2, 0) is 0 Å². The first-order valence-electron chi connectivity index (χ1n) is 8.63. The summed E-state index contributed by atoms with van der Waals surface area (Å²) in [5, 5.41) is 4.19. The molecule has 0 bridgehead atoms. The minimum absolute atomic E-state index is 0.0225. The van der Waals surface area contributed by atoms with Gasteiger partial charge in [-0.05, 0) is 36.4 Å². The molecule has 2 aromatic carbocycles. The largest absolute Gasteiger partial charge is 0.485 e. The predicted molar refractivity (Wildman–Crippen MR) is 110 cm³/mol. The first kappa shape index (κ1) is 18.5. The summed E-state index contributed by atoms with van der Waals surface area (Å²) in [6, 6.07) is 14.2. The molecule has 142 valence electrons. The van der Waals surface area contributed by atoms with Crippen LogP contribution in [0.3, 0.4) is 0 Å². The number of anilines is 3. The molecule has 1 aliphatic heterocycles. The number of aromatic nitrogens is 2. The van der Waals surface area contributed by atoms with Crippen LogP contribution in [0.5, 0.6) is 5.75 Å². The summed E-state index contributed by atoms with van der Waals surface area (Å²) in [4.78, 5) is 21.8. The number of nitrogens with one attached hydrogen (secondary N) is 1. The van der Waals surface area contributed by atoms with E-state index in [2.05, 4.69) is 20.2 Å². The second-order valence-corrected chi connectivity index (χ2v) is 7.17. The number of hydrogen-bond donors (Lipinski definition) is 1. The minimum Gasteiger partial charge on any atom is -0.485 e. The molecule has 4 rings (SSSR count). The highest BCUT2D eigenvalue weighted by Gasteiger charge is 2.30. The lowest BCUT2D eigenvalue weighted by atomic mass is 10.1. The Labute approximate surface area is 172 Å². The van der Waals surface area contributed by atoms with Crippen molar-refractivity contribution in [2.45, 2.75) is 6.10 Å². The van der Waals surface area contributed by atoms with Gasteiger partial charge in [-0.3, -0.25) is 4.79 Å². The molecule has 0 unspecified atom stereocenters. The maximum absolute atomic E-state index is 10.9. The summed E-state index contributed by atoms with van der Waals surface area (Å²) in [5.74, 6) is 1.88. The van der Waals surface area contributed by atoms with Gasteiger partial charge in [-0.1, -0.05) is 35.3 Å². The zero-order valence-corrected chi connectivity index (χ0v) is 16.2. The zero-order valence-electron chi connectivity index (χ0n) is 14.7. The summed E-state index contributed by atoms with van der Waals surface area (Å²) in [6.45, 7) is 1.38. The average Bonchev–Trinajstić information content (AvgIpc) is 2.66. The van der Waals surface area contributed by atoms with Crippen LogP contribution in [0.25, 0.3) is 0 Å². The average molecular weight is 415 g/mol. The highest BCUT2D eigenvalue weighted by Crippen LogP contribution is 2.30. The van der Waals surface area contributed by atoms with Gasteiger partial charge in [-0.15, -0.1) is 0 Å². The number of carbonyl (C=O) groups is 1. The molecule has 1 aliphatic rings. The lowest BCUT2D eigenvalue weighted by Gasteiger charge is -2.39. The number of benzene rings is 2. The molecule has 2 heterocycles. The Kier molecular flexibility index (Phi) is 5.32. The SMILES string of the molecule is O=Cc1cccc(Nc2nccc(N3CC(Oc4ccc(Cl)cc4Cl)C3)n2)c1. The van der Waals surface area contributed by atoms with Crippen LogP contribution < -0.4 is 15.0 Å². The standard InChI is InChI=1S/C20H16Cl2N4O2/c21-14-4-5-18(17(22)9-14)28-16-10-26(11-16)19-6-7-23-20(25-19)24-15-3-1-2-13(8-15)12-27/h1-9,12,16H,10-11H2,(H,23,24,25). The van der Waals surface area contributed by atoms with Gasteiger partial charge in [0.05, 0.1) is 18.1 Å². The fourth-order valence-corrected chi connectivity index (χ4v) is 3.31. The Morgan fingerprint density at radius 2 is 2.00 bits per heavy atom. The van der Waals surface area contributed by atoms with Gasteiger partial charge < -0.3 is 15.0 Å². The molecule has 1 fully saturated rings. The smallest absolute Gasteiger partial charge is 0.229 e. The first-order chi connectivity index (χ1) is 13.6. The number of carbonyl (C=O) groups excluding carboxylic acids is 1. The van der Waals surface area contributed by atoms with Gasteiger partial charge in [0.2, 0.25) is 5.95 Å². The Hall–Kier alpha value is -2.83. The quantitative estimate of drug-likeness (QED) is 0.594. The van der Waals surface area contributed by atoms with Crippen LogP contribution in [0.1, 0.15) is 10.4 Å². The molecule has 3 aromatic rings. The molecule has 1 aromatic heterocycles. The van der Waals surface area contributed by atoms with Crippen molar-refractivity contribution in [1.29, 1.82) is 0 Å². The molecule has 0 amide bonds. The second kappa shape index (κ2) is 8.04. The number of halogens is 2. The zero-order chi connectivity index (χ0) is 19.5. The topological polar surface area (TPSA) is 67.4 Å². The van der Waals surface area contributed by atoms with Gasteiger partial charge in [0.1, 0.15) is 24.0 Å². The monoisotopic (exact) mass is 414 g/mol. The third kappa shape index (κ3) is 4.18. The summed E-state index contributed by atoms with van der Waals surface area (Å²) < 4.78 is 5.91. The molecule has 1 N–H and O–H groups in total. The normalized spacial score (nSPS) is 13.7. The fourth-order valence-electron chi connectivity index (χ4n) is 2.85. The van der Waals surface area contributed by atoms with E-state index in [9.17, 15) is 4.79 Å². The predicted octanol–water partition coefficient (Wildman–Crippen LogP) is 4.61. The molecule has 8 heteroatoms. The molecule has 28 heavy (non-hydrogen) atoms. The van der Waals surface area contributed by atoms with Crippen molar-refractivity contribution in [2.75, 3.05) is 23.3 Å². The molecule has 0 saturated carbocycles. The summed E-state index contributed by atoms with van der Waals surface area (Å²) in [5.41, 5.74) is 1.34. The van der Waals surface area contributed by atoms with Gasteiger partial charge in [-0.25, -0.2) is 4.98 Å². The van der Waals surface area contributed by atoms with Crippen molar-refractivity contribution in [3.63, 3.8) is 0 Å². The van der Waals surface area contributed by atoms with E-state index in [-0.39, 0.29) is 6.10 Å². The molecule has 1 saturated heterocycles. The molecule has 0 aliphatic carbocycles.